The van der Waals surface area contributed by atoms with Gasteiger partial charge in [-0.2, -0.15) is 0 Å². The quantitative estimate of drug-likeness (QED) is 0.754. The van der Waals surface area contributed by atoms with Crippen molar-refractivity contribution in [3.63, 3.8) is 0 Å². The summed E-state index contributed by atoms with van der Waals surface area (Å²) in [7, 11) is 0. The average Bonchev–Trinajstić information content (AvgIpc) is 2.53. The van der Waals surface area contributed by atoms with Gasteiger partial charge in [0.05, 0.1) is 11.1 Å². The number of esters is 1. The van der Waals surface area contributed by atoms with Gasteiger partial charge >= 0.3 is 5.97 Å². The van der Waals surface area contributed by atoms with Gasteiger partial charge < -0.3 is 9.72 Å². The first-order valence-electron chi connectivity index (χ1n) is 6.98. The van der Waals surface area contributed by atoms with Crippen molar-refractivity contribution in [3.8, 4) is 0 Å². The van der Waals surface area contributed by atoms with Gasteiger partial charge in [-0.3, -0.25) is 4.79 Å². The Morgan fingerprint density at radius 1 is 1.09 bits per heavy atom. The molecule has 0 saturated carbocycles. The predicted molar refractivity (Wildman–Crippen MR) is 84.9 cm³/mol. The molecule has 1 aromatic heterocycles. The maximum atomic E-state index is 12.0. The molecule has 2 aromatic carbocycles. The third-order valence-electron chi connectivity index (χ3n) is 3.45. The number of aryl methyl sites for hydroxylation is 1. The lowest BCUT2D eigenvalue weighted by atomic mass is 10.1. The van der Waals surface area contributed by atoms with Gasteiger partial charge in [0, 0.05) is 5.52 Å². The molecule has 0 bridgehead atoms. The number of aromatic nitrogens is 1. The number of H-pyrrole nitrogens is 1. The maximum Gasteiger partial charge on any atom is 0.338 e. The average molecular weight is 293 g/mol. The zero-order valence-corrected chi connectivity index (χ0v) is 12.1. The van der Waals surface area contributed by atoms with Crippen molar-refractivity contribution < 1.29 is 9.53 Å². The van der Waals surface area contributed by atoms with E-state index >= 15 is 0 Å². The fraction of sp³-hybridized carbons (Fsp3) is 0.111. The van der Waals surface area contributed by atoms with Crippen molar-refractivity contribution in [3.05, 3.63) is 81.6 Å². The highest BCUT2D eigenvalue weighted by atomic mass is 16.5. The van der Waals surface area contributed by atoms with Crippen LogP contribution in [0.4, 0.5) is 0 Å². The van der Waals surface area contributed by atoms with E-state index < -0.39 is 5.97 Å². The summed E-state index contributed by atoms with van der Waals surface area (Å²) >= 11 is 0. The molecule has 0 aliphatic carbocycles. The maximum absolute atomic E-state index is 12.0. The van der Waals surface area contributed by atoms with E-state index in [1.54, 1.807) is 30.3 Å². The van der Waals surface area contributed by atoms with Crippen LogP contribution in [0, 0.1) is 6.92 Å². The molecule has 0 unspecified atom stereocenters. The zero-order chi connectivity index (χ0) is 15.5. The van der Waals surface area contributed by atoms with Gasteiger partial charge in [-0.15, -0.1) is 0 Å². The van der Waals surface area contributed by atoms with Crippen LogP contribution in [0.2, 0.25) is 0 Å². The molecular weight excluding hydrogens is 278 g/mol. The highest BCUT2D eigenvalue weighted by Gasteiger charge is 2.09. The standard InChI is InChI=1S/C18H15NO3/c1-12-7-8-14-10-15(17(20)19-16(14)9-12)11-22-18(21)13-5-3-2-4-6-13/h2-10H,11H2,1H3,(H,19,20). The van der Waals surface area contributed by atoms with Crippen molar-refractivity contribution in [2.75, 3.05) is 0 Å². The number of ether oxygens (including phenoxy) is 1. The first-order valence-corrected chi connectivity index (χ1v) is 6.98. The largest absolute Gasteiger partial charge is 0.457 e. The highest BCUT2D eigenvalue weighted by Crippen LogP contribution is 2.13. The van der Waals surface area contributed by atoms with Crippen LogP contribution in [0.1, 0.15) is 21.5 Å². The van der Waals surface area contributed by atoms with Crippen LogP contribution in [0.15, 0.2) is 59.4 Å². The third kappa shape index (κ3) is 2.91. The Hall–Kier alpha value is -2.88. The fourth-order valence-corrected chi connectivity index (χ4v) is 2.27. The number of rotatable bonds is 3. The van der Waals surface area contributed by atoms with E-state index in [0.717, 1.165) is 16.5 Å². The Morgan fingerprint density at radius 2 is 1.86 bits per heavy atom. The Balaban J connectivity index is 1.82. The molecule has 0 aliphatic heterocycles. The minimum Gasteiger partial charge on any atom is -0.457 e. The molecule has 110 valence electrons. The van der Waals surface area contributed by atoms with Gasteiger partial charge in [0.2, 0.25) is 0 Å². The minimum atomic E-state index is -0.441. The molecule has 1 N–H and O–H groups in total. The summed E-state index contributed by atoms with van der Waals surface area (Å²) in [5.74, 6) is -0.441. The third-order valence-corrected chi connectivity index (χ3v) is 3.45. The lowest BCUT2D eigenvalue weighted by Gasteiger charge is -2.06. The van der Waals surface area contributed by atoms with Gasteiger partial charge in [-0.1, -0.05) is 30.3 Å². The van der Waals surface area contributed by atoms with E-state index in [4.69, 9.17) is 4.74 Å². The summed E-state index contributed by atoms with van der Waals surface area (Å²) in [6, 6.07) is 16.3. The second-order valence-electron chi connectivity index (χ2n) is 5.16. The normalized spacial score (nSPS) is 10.6. The molecule has 0 radical (unpaired) electrons. The minimum absolute atomic E-state index is 0.0487. The van der Waals surface area contributed by atoms with Crippen molar-refractivity contribution in [1.29, 1.82) is 0 Å². The monoisotopic (exact) mass is 293 g/mol. The summed E-state index contributed by atoms with van der Waals surface area (Å²) in [6.45, 7) is 1.92. The second kappa shape index (κ2) is 5.85. The number of pyridine rings is 1. The summed E-state index contributed by atoms with van der Waals surface area (Å²) in [4.78, 5) is 26.8. The Morgan fingerprint density at radius 3 is 2.64 bits per heavy atom. The number of carbonyl (C=O) groups is 1. The lowest BCUT2D eigenvalue weighted by Crippen LogP contribution is -2.15. The number of hydrogen-bond acceptors (Lipinski definition) is 3. The van der Waals surface area contributed by atoms with E-state index in [0.29, 0.717) is 11.1 Å². The molecule has 0 amide bonds. The Bertz CT molecular complexity index is 882. The first-order chi connectivity index (χ1) is 10.6. The number of hydrogen-bond donors (Lipinski definition) is 1. The molecule has 0 saturated heterocycles. The van der Waals surface area contributed by atoms with Crippen molar-refractivity contribution >= 4 is 16.9 Å². The molecule has 0 atom stereocenters. The van der Waals surface area contributed by atoms with Crippen LogP contribution < -0.4 is 5.56 Å². The van der Waals surface area contributed by atoms with Gasteiger partial charge in [0.25, 0.3) is 5.56 Å². The summed E-state index contributed by atoms with van der Waals surface area (Å²) < 4.78 is 5.21. The van der Waals surface area contributed by atoms with Crippen molar-refractivity contribution in [2.45, 2.75) is 13.5 Å². The second-order valence-corrected chi connectivity index (χ2v) is 5.16. The van der Waals surface area contributed by atoms with E-state index in [1.807, 2.05) is 31.2 Å². The van der Waals surface area contributed by atoms with Gasteiger partial charge in [-0.25, -0.2) is 4.79 Å². The van der Waals surface area contributed by atoms with Gasteiger partial charge in [-0.05, 0) is 42.1 Å². The van der Waals surface area contributed by atoms with Crippen LogP contribution >= 0.6 is 0 Å². The number of nitrogens with one attached hydrogen (secondary N) is 1. The summed E-state index contributed by atoms with van der Waals surface area (Å²) in [5, 5.41) is 0.913. The number of fused-ring (bicyclic) bond motifs is 1. The SMILES string of the molecule is Cc1ccc2cc(COC(=O)c3ccccc3)c(=O)[nH]c2c1. The Labute approximate surface area is 127 Å². The Kier molecular flexibility index (Phi) is 3.74. The fourth-order valence-electron chi connectivity index (χ4n) is 2.27. The van der Waals surface area contributed by atoms with E-state index in [9.17, 15) is 9.59 Å². The van der Waals surface area contributed by atoms with Crippen LogP contribution in [0.25, 0.3) is 10.9 Å². The molecule has 4 nitrogen and oxygen atoms in total. The van der Waals surface area contributed by atoms with E-state index in [2.05, 4.69) is 4.98 Å². The molecule has 3 aromatic rings. The van der Waals surface area contributed by atoms with Crippen molar-refractivity contribution in [2.24, 2.45) is 0 Å². The van der Waals surface area contributed by atoms with Crippen LogP contribution in [0.3, 0.4) is 0 Å². The van der Waals surface area contributed by atoms with E-state index in [-0.39, 0.29) is 12.2 Å². The van der Waals surface area contributed by atoms with Gasteiger partial charge in [0.15, 0.2) is 0 Å². The van der Waals surface area contributed by atoms with Crippen LogP contribution in [-0.4, -0.2) is 11.0 Å². The van der Waals surface area contributed by atoms with Gasteiger partial charge in [0.1, 0.15) is 6.61 Å². The molecule has 1 heterocycles. The number of aromatic amines is 1. The predicted octanol–water partition coefficient (Wildman–Crippen LogP) is 3.19. The summed E-state index contributed by atoms with van der Waals surface area (Å²) in [5.41, 5.74) is 2.52. The summed E-state index contributed by atoms with van der Waals surface area (Å²) in [6.07, 6.45) is 0. The highest BCUT2D eigenvalue weighted by molar-refractivity contribution is 5.89. The number of benzene rings is 2. The topological polar surface area (TPSA) is 59.2 Å². The molecule has 0 aliphatic rings. The molecule has 0 fully saturated rings. The molecule has 4 heteroatoms. The van der Waals surface area contributed by atoms with Crippen LogP contribution in [0.5, 0.6) is 0 Å². The molecule has 0 spiro atoms. The molecular formula is C18H15NO3. The smallest absolute Gasteiger partial charge is 0.338 e. The lowest BCUT2D eigenvalue weighted by molar-refractivity contribution is 0.0471. The molecule has 22 heavy (non-hydrogen) atoms. The number of carbonyl (C=O) groups excluding carboxylic acids is 1. The van der Waals surface area contributed by atoms with E-state index in [1.165, 1.54) is 0 Å². The first kappa shape index (κ1) is 14.1. The van der Waals surface area contributed by atoms with Crippen LogP contribution in [-0.2, 0) is 11.3 Å². The zero-order valence-electron chi connectivity index (χ0n) is 12.1. The van der Waals surface area contributed by atoms with Crippen molar-refractivity contribution in [1.82, 2.24) is 4.98 Å². The molecule has 3 rings (SSSR count).